The van der Waals surface area contributed by atoms with Crippen molar-refractivity contribution in [3.63, 3.8) is 0 Å². The molecular formula is C23H23F3N8. The van der Waals surface area contributed by atoms with Crippen LogP contribution in [0.4, 0.5) is 24.9 Å². The number of imidazole rings is 1. The van der Waals surface area contributed by atoms with Crippen molar-refractivity contribution in [1.29, 1.82) is 0 Å². The van der Waals surface area contributed by atoms with E-state index in [-0.39, 0.29) is 5.82 Å². The Bertz CT molecular complexity index is 1280. The number of pyridine rings is 1. The van der Waals surface area contributed by atoms with E-state index in [9.17, 15) is 13.2 Å². The number of H-pyrrole nitrogens is 1. The molecule has 5 rings (SSSR count). The number of hydrogen-bond acceptors (Lipinski definition) is 7. The Balaban J connectivity index is 1.41. The third kappa shape index (κ3) is 5.00. The summed E-state index contributed by atoms with van der Waals surface area (Å²) in [6, 6.07) is 10.2. The van der Waals surface area contributed by atoms with Gasteiger partial charge in [-0.1, -0.05) is 6.07 Å². The van der Waals surface area contributed by atoms with Gasteiger partial charge in [0, 0.05) is 44.5 Å². The average Bonchev–Trinajstić information content (AvgIpc) is 3.22. The standard InChI is InChI=1S/C23H23F3N8/c1-33-6-8-34(9-7-33)13-15-10-20(23(24,25)26)31-21(11-15)32-22-29-18-3-2-16(12-19(18)30-22)17-4-5-27-14-28-17/h2-5,10-12,14H,6-9,13H2,1H3,(H2,29,30,31,32). The van der Waals surface area contributed by atoms with E-state index in [0.29, 0.717) is 23.6 Å². The summed E-state index contributed by atoms with van der Waals surface area (Å²) in [6.07, 6.45) is -1.42. The highest BCUT2D eigenvalue weighted by atomic mass is 19.4. The van der Waals surface area contributed by atoms with Crippen LogP contribution in [0.1, 0.15) is 11.3 Å². The molecule has 0 saturated carbocycles. The molecular weight excluding hydrogens is 445 g/mol. The second kappa shape index (κ2) is 8.99. The molecule has 1 aliphatic heterocycles. The largest absolute Gasteiger partial charge is 0.433 e. The number of piperazine rings is 1. The lowest BCUT2D eigenvalue weighted by molar-refractivity contribution is -0.141. The van der Waals surface area contributed by atoms with Crippen LogP contribution in [0.25, 0.3) is 22.3 Å². The number of anilines is 2. The Hall–Kier alpha value is -3.57. The van der Waals surface area contributed by atoms with Crippen molar-refractivity contribution in [3.8, 4) is 11.3 Å². The summed E-state index contributed by atoms with van der Waals surface area (Å²) in [7, 11) is 2.04. The molecule has 2 N–H and O–H groups in total. The molecule has 0 spiro atoms. The van der Waals surface area contributed by atoms with Gasteiger partial charge in [0.25, 0.3) is 0 Å². The highest BCUT2D eigenvalue weighted by Gasteiger charge is 2.33. The predicted molar refractivity (Wildman–Crippen MR) is 122 cm³/mol. The fourth-order valence-corrected chi connectivity index (χ4v) is 3.96. The molecule has 34 heavy (non-hydrogen) atoms. The number of alkyl halides is 3. The molecule has 0 atom stereocenters. The van der Waals surface area contributed by atoms with Crippen LogP contribution in [0.5, 0.6) is 0 Å². The van der Waals surface area contributed by atoms with Gasteiger partial charge in [-0.3, -0.25) is 4.90 Å². The van der Waals surface area contributed by atoms with Gasteiger partial charge in [-0.2, -0.15) is 13.2 Å². The quantitative estimate of drug-likeness (QED) is 0.459. The van der Waals surface area contributed by atoms with Crippen LogP contribution in [0.15, 0.2) is 48.9 Å². The molecule has 0 unspecified atom stereocenters. The molecule has 1 fully saturated rings. The molecule has 1 aliphatic rings. The highest BCUT2D eigenvalue weighted by Crippen LogP contribution is 2.31. The molecule has 4 aromatic rings. The van der Waals surface area contributed by atoms with E-state index in [0.717, 1.165) is 49.0 Å². The zero-order valence-corrected chi connectivity index (χ0v) is 18.5. The van der Waals surface area contributed by atoms with Crippen molar-refractivity contribution in [3.05, 3.63) is 60.2 Å². The van der Waals surface area contributed by atoms with E-state index in [1.165, 1.54) is 6.33 Å². The molecule has 0 radical (unpaired) electrons. The summed E-state index contributed by atoms with van der Waals surface area (Å²) in [5, 5.41) is 2.92. The molecule has 176 valence electrons. The van der Waals surface area contributed by atoms with Gasteiger partial charge in [-0.05, 0) is 42.9 Å². The van der Waals surface area contributed by atoms with E-state index >= 15 is 0 Å². The number of aromatic amines is 1. The zero-order chi connectivity index (χ0) is 23.7. The maximum atomic E-state index is 13.5. The first-order chi connectivity index (χ1) is 16.3. The third-order valence-corrected chi connectivity index (χ3v) is 5.78. The van der Waals surface area contributed by atoms with Crippen molar-refractivity contribution in [2.75, 3.05) is 38.5 Å². The van der Waals surface area contributed by atoms with Crippen molar-refractivity contribution in [1.82, 2.24) is 34.7 Å². The van der Waals surface area contributed by atoms with E-state index in [2.05, 4.69) is 40.0 Å². The number of benzene rings is 1. The third-order valence-electron chi connectivity index (χ3n) is 5.78. The van der Waals surface area contributed by atoms with Crippen molar-refractivity contribution in [2.45, 2.75) is 12.7 Å². The zero-order valence-electron chi connectivity index (χ0n) is 18.5. The minimum absolute atomic E-state index is 0.0917. The molecule has 0 bridgehead atoms. The summed E-state index contributed by atoms with van der Waals surface area (Å²) in [5.41, 5.74) is 2.65. The van der Waals surface area contributed by atoms with Gasteiger partial charge in [0.15, 0.2) is 0 Å². The molecule has 0 aliphatic carbocycles. The van der Waals surface area contributed by atoms with Gasteiger partial charge in [0.1, 0.15) is 17.8 Å². The van der Waals surface area contributed by atoms with E-state index in [4.69, 9.17) is 0 Å². The van der Waals surface area contributed by atoms with Gasteiger partial charge in [-0.25, -0.2) is 19.9 Å². The number of aromatic nitrogens is 5. The Morgan fingerprint density at radius 2 is 1.85 bits per heavy atom. The number of nitrogens with one attached hydrogen (secondary N) is 2. The summed E-state index contributed by atoms with van der Waals surface area (Å²) in [6.45, 7) is 3.81. The Labute approximate surface area is 193 Å². The number of halogens is 3. The van der Waals surface area contributed by atoms with Crippen LogP contribution in [-0.4, -0.2) is 67.9 Å². The number of rotatable bonds is 5. The van der Waals surface area contributed by atoms with Gasteiger partial charge >= 0.3 is 6.18 Å². The summed E-state index contributed by atoms with van der Waals surface area (Å²) >= 11 is 0. The maximum Gasteiger partial charge on any atom is 0.433 e. The lowest BCUT2D eigenvalue weighted by Gasteiger charge is -2.32. The molecule has 11 heteroatoms. The minimum atomic E-state index is -4.55. The number of nitrogens with zero attached hydrogens (tertiary/aromatic N) is 6. The van der Waals surface area contributed by atoms with Crippen LogP contribution in [0, 0.1) is 0 Å². The topological polar surface area (TPSA) is 85.9 Å². The number of fused-ring (bicyclic) bond motifs is 1. The molecule has 8 nitrogen and oxygen atoms in total. The molecule has 3 aromatic heterocycles. The van der Waals surface area contributed by atoms with Gasteiger partial charge in [0.05, 0.1) is 16.7 Å². The van der Waals surface area contributed by atoms with Crippen LogP contribution in [0.2, 0.25) is 0 Å². The van der Waals surface area contributed by atoms with Crippen LogP contribution in [0.3, 0.4) is 0 Å². The number of likely N-dealkylation sites (N-methyl/N-ethyl adjacent to an activating group) is 1. The maximum absolute atomic E-state index is 13.5. The minimum Gasteiger partial charge on any atom is -0.324 e. The van der Waals surface area contributed by atoms with E-state index in [1.54, 1.807) is 18.3 Å². The van der Waals surface area contributed by atoms with Crippen LogP contribution >= 0.6 is 0 Å². The van der Waals surface area contributed by atoms with Crippen molar-refractivity contribution in [2.24, 2.45) is 0 Å². The van der Waals surface area contributed by atoms with E-state index < -0.39 is 11.9 Å². The monoisotopic (exact) mass is 468 g/mol. The second-order valence-electron chi connectivity index (χ2n) is 8.36. The first kappa shape index (κ1) is 22.2. The molecule has 1 aromatic carbocycles. The van der Waals surface area contributed by atoms with Crippen molar-refractivity contribution < 1.29 is 13.2 Å². The summed E-state index contributed by atoms with van der Waals surface area (Å²) in [5.74, 6) is 0.404. The highest BCUT2D eigenvalue weighted by molar-refractivity contribution is 5.83. The molecule has 0 amide bonds. The van der Waals surface area contributed by atoms with Gasteiger partial charge < -0.3 is 15.2 Å². The lowest BCUT2D eigenvalue weighted by Crippen LogP contribution is -2.43. The van der Waals surface area contributed by atoms with Gasteiger partial charge in [-0.15, -0.1) is 0 Å². The van der Waals surface area contributed by atoms with Crippen molar-refractivity contribution >= 4 is 22.8 Å². The van der Waals surface area contributed by atoms with E-state index in [1.807, 2.05) is 25.2 Å². The predicted octanol–water partition coefficient (Wildman–Crippen LogP) is 3.92. The summed E-state index contributed by atoms with van der Waals surface area (Å²) < 4.78 is 40.6. The fraction of sp³-hybridized carbons (Fsp3) is 0.304. The van der Waals surface area contributed by atoms with Crippen LogP contribution < -0.4 is 5.32 Å². The second-order valence-corrected chi connectivity index (χ2v) is 8.36. The fourth-order valence-electron chi connectivity index (χ4n) is 3.96. The first-order valence-electron chi connectivity index (χ1n) is 10.9. The number of hydrogen-bond donors (Lipinski definition) is 2. The lowest BCUT2D eigenvalue weighted by atomic mass is 10.1. The Morgan fingerprint density at radius 1 is 1.03 bits per heavy atom. The molecule has 4 heterocycles. The Morgan fingerprint density at radius 3 is 2.59 bits per heavy atom. The van der Waals surface area contributed by atoms with Gasteiger partial charge in [0.2, 0.25) is 5.95 Å². The van der Waals surface area contributed by atoms with Crippen LogP contribution in [-0.2, 0) is 12.7 Å². The smallest absolute Gasteiger partial charge is 0.324 e. The Kier molecular flexibility index (Phi) is 5.88. The SMILES string of the molecule is CN1CCN(Cc2cc(Nc3nc4ccc(-c5ccncn5)cc4[nH]3)nc(C(F)(F)F)c2)CC1. The first-order valence-corrected chi connectivity index (χ1v) is 10.9. The molecule has 1 saturated heterocycles. The summed E-state index contributed by atoms with van der Waals surface area (Å²) in [4.78, 5) is 23.9. The normalized spacial score (nSPS) is 15.6. The average molecular weight is 468 g/mol.